The van der Waals surface area contributed by atoms with Gasteiger partial charge in [-0.25, -0.2) is 4.98 Å². The second-order valence-corrected chi connectivity index (χ2v) is 5.69. The molecule has 1 aromatic heterocycles. The molecule has 3 rings (SSSR count). The molecule has 0 amide bonds. The van der Waals surface area contributed by atoms with Gasteiger partial charge < -0.3 is 10.5 Å². The molecule has 104 valence electrons. The van der Waals surface area contributed by atoms with Crippen molar-refractivity contribution in [3.63, 3.8) is 0 Å². The molecule has 2 aromatic rings. The van der Waals surface area contributed by atoms with E-state index in [4.69, 9.17) is 10.5 Å². The van der Waals surface area contributed by atoms with Crippen LogP contribution in [0.5, 0.6) is 5.88 Å². The van der Waals surface area contributed by atoms with Gasteiger partial charge in [-0.05, 0) is 37.3 Å². The molecule has 0 fully saturated rings. The van der Waals surface area contributed by atoms with Gasteiger partial charge >= 0.3 is 0 Å². The highest BCUT2D eigenvalue weighted by molar-refractivity contribution is 5.33. The first kappa shape index (κ1) is 13.1. The van der Waals surface area contributed by atoms with Crippen LogP contribution < -0.4 is 10.5 Å². The predicted octanol–water partition coefficient (Wildman–Crippen LogP) is 3.17. The Morgan fingerprint density at radius 3 is 2.80 bits per heavy atom. The normalized spacial score (nSPS) is 21.3. The fourth-order valence-corrected chi connectivity index (χ4v) is 2.76. The summed E-state index contributed by atoms with van der Waals surface area (Å²) in [5, 5.41) is 0. The number of aryl methyl sites for hydroxylation is 1. The van der Waals surface area contributed by atoms with E-state index in [1.165, 1.54) is 0 Å². The number of nitrogens with two attached hydrogens (primary N) is 1. The first-order valence-corrected chi connectivity index (χ1v) is 7.11. The molecule has 1 heterocycles. The Labute approximate surface area is 119 Å². The SMILES string of the molecule is CC1(N)CCCc2nc(OCc3ccccc3)ccc21. The molecule has 0 saturated heterocycles. The van der Waals surface area contributed by atoms with Crippen LogP contribution in [-0.2, 0) is 18.6 Å². The van der Waals surface area contributed by atoms with Crippen LogP contribution >= 0.6 is 0 Å². The molecule has 1 atom stereocenters. The number of nitrogens with zero attached hydrogens (tertiary/aromatic N) is 1. The molecular formula is C17H20N2O. The van der Waals surface area contributed by atoms with E-state index in [2.05, 4.69) is 30.1 Å². The fourth-order valence-electron chi connectivity index (χ4n) is 2.76. The summed E-state index contributed by atoms with van der Waals surface area (Å²) in [5.41, 5.74) is 9.47. The van der Waals surface area contributed by atoms with Gasteiger partial charge in [-0.2, -0.15) is 0 Å². The summed E-state index contributed by atoms with van der Waals surface area (Å²) < 4.78 is 5.77. The molecule has 1 aromatic carbocycles. The Morgan fingerprint density at radius 2 is 2.00 bits per heavy atom. The van der Waals surface area contributed by atoms with Gasteiger partial charge in [-0.1, -0.05) is 36.4 Å². The van der Waals surface area contributed by atoms with E-state index in [0.717, 1.165) is 36.1 Å². The van der Waals surface area contributed by atoms with Crippen molar-refractivity contribution in [3.05, 3.63) is 59.3 Å². The zero-order chi connectivity index (χ0) is 14.0. The van der Waals surface area contributed by atoms with E-state index in [-0.39, 0.29) is 5.54 Å². The molecule has 0 radical (unpaired) electrons. The van der Waals surface area contributed by atoms with Gasteiger partial charge in [0.15, 0.2) is 0 Å². The number of rotatable bonds is 3. The molecule has 0 bridgehead atoms. The van der Waals surface area contributed by atoms with Gasteiger partial charge in [-0.3, -0.25) is 0 Å². The molecule has 0 aliphatic heterocycles. The number of benzene rings is 1. The lowest BCUT2D eigenvalue weighted by Gasteiger charge is -2.31. The van der Waals surface area contributed by atoms with Crippen molar-refractivity contribution in [2.75, 3.05) is 0 Å². The third kappa shape index (κ3) is 2.68. The molecule has 1 unspecified atom stereocenters. The Bertz CT molecular complexity index is 593. The first-order chi connectivity index (χ1) is 9.65. The van der Waals surface area contributed by atoms with Crippen LogP contribution in [-0.4, -0.2) is 4.98 Å². The van der Waals surface area contributed by atoms with Gasteiger partial charge in [0.2, 0.25) is 5.88 Å². The smallest absolute Gasteiger partial charge is 0.213 e. The second-order valence-electron chi connectivity index (χ2n) is 5.69. The summed E-state index contributed by atoms with van der Waals surface area (Å²) in [6.45, 7) is 2.63. The average Bonchev–Trinajstić information content (AvgIpc) is 2.46. The summed E-state index contributed by atoms with van der Waals surface area (Å²) in [4.78, 5) is 4.62. The number of ether oxygens (including phenoxy) is 1. The van der Waals surface area contributed by atoms with Gasteiger partial charge in [-0.15, -0.1) is 0 Å². The number of hydrogen-bond donors (Lipinski definition) is 1. The molecule has 0 spiro atoms. The van der Waals surface area contributed by atoms with Crippen LogP contribution in [0.25, 0.3) is 0 Å². The van der Waals surface area contributed by atoms with Crippen molar-refractivity contribution in [1.29, 1.82) is 0 Å². The first-order valence-electron chi connectivity index (χ1n) is 7.11. The third-order valence-corrected chi connectivity index (χ3v) is 3.90. The van der Waals surface area contributed by atoms with E-state index in [0.29, 0.717) is 12.5 Å². The van der Waals surface area contributed by atoms with Crippen molar-refractivity contribution in [2.24, 2.45) is 5.73 Å². The van der Waals surface area contributed by atoms with E-state index in [9.17, 15) is 0 Å². The summed E-state index contributed by atoms with van der Waals surface area (Å²) in [5.74, 6) is 0.685. The standard InChI is InChI=1S/C17H20N2O/c1-17(18)11-5-8-15-14(17)9-10-16(19-15)20-12-13-6-3-2-4-7-13/h2-4,6-7,9-10H,5,8,11-12,18H2,1H3. The molecule has 1 aliphatic carbocycles. The van der Waals surface area contributed by atoms with Crippen LogP contribution in [0.3, 0.4) is 0 Å². The minimum Gasteiger partial charge on any atom is -0.473 e. The van der Waals surface area contributed by atoms with Crippen molar-refractivity contribution >= 4 is 0 Å². The summed E-state index contributed by atoms with van der Waals surface area (Å²) >= 11 is 0. The van der Waals surface area contributed by atoms with Crippen molar-refractivity contribution in [3.8, 4) is 5.88 Å². The van der Waals surface area contributed by atoms with Gasteiger partial charge in [0.05, 0.1) is 0 Å². The van der Waals surface area contributed by atoms with E-state index >= 15 is 0 Å². The minimum absolute atomic E-state index is 0.251. The number of pyridine rings is 1. The second kappa shape index (κ2) is 5.25. The van der Waals surface area contributed by atoms with Crippen molar-refractivity contribution in [1.82, 2.24) is 4.98 Å². The average molecular weight is 268 g/mol. The Balaban J connectivity index is 1.76. The molecule has 2 N–H and O–H groups in total. The molecule has 20 heavy (non-hydrogen) atoms. The largest absolute Gasteiger partial charge is 0.473 e. The van der Waals surface area contributed by atoms with Gasteiger partial charge in [0.1, 0.15) is 6.61 Å². The topological polar surface area (TPSA) is 48.1 Å². The fraction of sp³-hybridized carbons (Fsp3) is 0.353. The molecule has 3 heteroatoms. The lowest BCUT2D eigenvalue weighted by molar-refractivity contribution is 0.290. The Morgan fingerprint density at radius 1 is 1.20 bits per heavy atom. The van der Waals surface area contributed by atoms with Crippen LogP contribution in [0.2, 0.25) is 0 Å². The van der Waals surface area contributed by atoms with Gasteiger partial charge in [0, 0.05) is 17.3 Å². The maximum atomic E-state index is 6.32. The minimum atomic E-state index is -0.251. The van der Waals surface area contributed by atoms with E-state index < -0.39 is 0 Å². The maximum absolute atomic E-state index is 6.32. The maximum Gasteiger partial charge on any atom is 0.213 e. The van der Waals surface area contributed by atoms with E-state index in [1.54, 1.807) is 0 Å². The van der Waals surface area contributed by atoms with Crippen LogP contribution in [0.1, 0.15) is 36.6 Å². The zero-order valence-corrected chi connectivity index (χ0v) is 11.8. The number of fused-ring (bicyclic) bond motifs is 1. The summed E-state index contributed by atoms with van der Waals surface area (Å²) in [6.07, 6.45) is 3.10. The Hall–Kier alpha value is -1.87. The zero-order valence-electron chi connectivity index (χ0n) is 11.8. The van der Waals surface area contributed by atoms with Crippen LogP contribution in [0.4, 0.5) is 0 Å². The Kier molecular flexibility index (Phi) is 3.45. The lowest BCUT2D eigenvalue weighted by Crippen LogP contribution is -2.37. The van der Waals surface area contributed by atoms with Crippen LogP contribution in [0.15, 0.2) is 42.5 Å². The molecule has 1 aliphatic rings. The highest BCUT2D eigenvalue weighted by Crippen LogP contribution is 2.33. The number of hydrogen-bond acceptors (Lipinski definition) is 3. The summed E-state index contributed by atoms with van der Waals surface area (Å²) in [6, 6.07) is 14.1. The predicted molar refractivity (Wildman–Crippen MR) is 79.5 cm³/mol. The van der Waals surface area contributed by atoms with Crippen molar-refractivity contribution < 1.29 is 4.74 Å². The van der Waals surface area contributed by atoms with E-state index in [1.807, 2.05) is 24.3 Å². The molecular weight excluding hydrogens is 248 g/mol. The van der Waals surface area contributed by atoms with Gasteiger partial charge in [0.25, 0.3) is 0 Å². The highest BCUT2D eigenvalue weighted by Gasteiger charge is 2.28. The quantitative estimate of drug-likeness (QED) is 0.930. The number of aromatic nitrogens is 1. The third-order valence-electron chi connectivity index (χ3n) is 3.90. The summed E-state index contributed by atoms with van der Waals surface area (Å²) in [7, 11) is 0. The van der Waals surface area contributed by atoms with Crippen molar-refractivity contribution in [2.45, 2.75) is 38.3 Å². The highest BCUT2D eigenvalue weighted by atomic mass is 16.5. The monoisotopic (exact) mass is 268 g/mol. The molecule has 3 nitrogen and oxygen atoms in total. The lowest BCUT2D eigenvalue weighted by atomic mass is 9.81. The van der Waals surface area contributed by atoms with Crippen LogP contribution in [0, 0.1) is 0 Å². The molecule has 0 saturated carbocycles.